The van der Waals surface area contributed by atoms with Gasteiger partial charge in [-0.2, -0.15) is 0 Å². The number of benzene rings is 3. The minimum Gasteiger partial charge on any atom is -0.590 e. The Bertz CT molecular complexity index is 1100. The van der Waals surface area contributed by atoms with Crippen LogP contribution >= 0.6 is 10.8 Å². The molecule has 0 N–H and O–H groups in total. The van der Waals surface area contributed by atoms with E-state index in [9.17, 15) is 9.35 Å². The number of ether oxygens (including phenoxy) is 1. The summed E-state index contributed by atoms with van der Waals surface area (Å²) in [4.78, 5) is 13.6. The molecule has 1 atom stereocenters. The summed E-state index contributed by atoms with van der Waals surface area (Å²) in [5.74, 6) is 0.497. The smallest absolute Gasteiger partial charge is 0.245 e. The lowest BCUT2D eigenvalue weighted by atomic mass is 9.98. The van der Waals surface area contributed by atoms with Gasteiger partial charge in [-0.3, -0.25) is 4.79 Å². The average molecular weight is 374 g/mol. The highest BCUT2D eigenvalue weighted by Gasteiger charge is 2.30. The zero-order valence-corrected chi connectivity index (χ0v) is 15.7. The van der Waals surface area contributed by atoms with E-state index in [4.69, 9.17) is 4.74 Å². The van der Waals surface area contributed by atoms with E-state index in [0.717, 1.165) is 16.5 Å². The first-order valence-electron chi connectivity index (χ1n) is 8.79. The number of ketones is 1. The number of thiophene rings is 1. The van der Waals surface area contributed by atoms with Gasteiger partial charge in [-0.15, -0.1) is 0 Å². The molecule has 3 aromatic carbocycles. The molecule has 3 nitrogen and oxygen atoms in total. The highest BCUT2D eigenvalue weighted by molar-refractivity contribution is 7.33. The Labute approximate surface area is 160 Å². The first-order chi connectivity index (χ1) is 13.2. The van der Waals surface area contributed by atoms with E-state index >= 15 is 0 Å². The molecular weight excluding hydrogens is 356 g/mol. The summed E-state index contributed by atoms with van der Waals surface area (Å²) in [6.07, 6.45) is 0. The van der Waals surface area contributed by atoms with Crippen molar-refractivity contribution >= 4 is 26.6 Å². The summed E-state index contributed by atoms with van der Waals surface area (Å²) in [5, 5.41) is 0.796. The van der Waals surface area contributed by atoms with Crippen LogP contribution in [0.2, 0.25) is 0 Å². The van der Waals surface area contributed by atoms with E-state index in [-0.39, 0.29) is 5.78 Å². The molecular formula is C23H18O3S. The number of rotatable bonds is 5. The molecule has 1 aromatic heterocycles. The highest BCUT2D eigenvalue weighted by Crippen LogP contribution is 2.46. The van der Waals surface area contributed by atoms with E-state index in [1.807, 2.05) is 61.5 Å². The third-order valence-electron chi connectivity index (χ3n) is 4.45. The molecule has 0 aliphatic rings. The molecule has 27 heavy (non-hydrogen) atoms. The number of fused-ring (bicyclic) bond motifs is 1. The van der Waals surface area contributed by atoms with E-state index in [1.54, 1.807) is 24.3 Å². The Morgan fingerprint density at radius 3 is 2.30 bits per heavy atom. The summed E-state index contributed by atoms with van der Waals surface area (Å²) >= 11 is 0. The first-order valence-corrected chi connectivity index (χ1v) is 9.94. The van der Waals surface area contributed by atoms with Gasteiger partial charge in [-0.1, -0.05) is 60.7 Å². The Morgan fingerprint density at radius 2 is 1.63 bits per heavy atom. The fraction of sp³-hybridized carbons (Fsp3) is 0.0870. The number of hydrogen-bond donors (Lipinski definition) is 0. The summed E-state index contributed by atoms with van der Waals surface area (Å²) in [6.45, 7) is 2.46. The third-order valence-corrected chi connectivity index (χ3v) is 5.96. The van der Waals surface area contributed by atoms with Crippen LogP contribution in [-0.4, -0.2) is 16.9 Å². The first kappa shape index (κ1) is 17.5. The van der Waals surface area contributed by atoms with Crippen molar-refractivity contribution in [1.82, 2.24) is 0 Å². The van der Waals surface area contributed by atoms with E-state index < -0.39 is 10.8 Å². The van der Waals surface area contributed by atoms with Crippen LogP contribution in [0.1, 0.15) is 22.2 Å². The zero-order chi connectivity index (χ0) is 18.8. The molecule has 4 rings (SSSR count). The predicted octanol–water partition coefficient (Wildman–Crippen LogP) is 5.86. The summed E-state index contributed by atoms with van der Waals surface area (Å²) in [7, 11) is -1.53. The molecule has 0 saturated carbocycles. The van der Waals surface area contributed by atoms with Crippen molar-refractivity contribution in [1.29, 1.82) is 0 Å². The van der Waals surface area contributed by atoms with Crippen LogP contribution in [0.3, 0.4) is 0 Å². The predicted molar refractivity (Wildman–Crippen MR) is 109 cm³/mol. The SMILES string of the molecule is CCOc1ccc2c(c1)c(-c1ccccc1)c(C(=O)c1ccccc1)[s+]2[O-]. The summed E-state index contributed by atoms with van der Waals surface area (Å²) in [5.41, 5.74) is 2.13. The molecule has 4 aromatic rings. The fourth-order valence-corrected chi connectivity index (χ4v) is 4.73. The molecule has 0 saturated heterocycles. The lowest BCUT2D eigenvalue weighted by Gasteiger charge is -2.04. The summed E-state index contributed by atoms with van der Waals surface area (Å²) in [6, 6.07) is 24.1. The second kappa shape index (κ2) is 7.35. The van der Waals surface area contributed by atoms with Gasteiger partial charge in [0.15, 0.2) is 4.70 Å². The molecule has 0 fully saturated rings. The molecule has 0 bridgehead atoms. The largest absolute Gasteiger partial charge is 0.590 e. The maximum absolute atomic E-state index is 13.3. The minimum atomic E-state index is -1.53. The maximum atomic E-state index is 13.3. The van der Waals surface area contributed by atoms with Gasteiger partial charge in [0.05, 0.1) is 17.6 Å². The second-order valence-electron chi connectivity index (χ2n) is 6.13. The second-order valence-corrected chi connectivity index (χ2v) is 7.51. The van der Waals surface area contributed by atoms with Crippen molar-refractivity contribution in [3.8, 4) is 16.9 Å². The van der Waals surface area contributed by atoms with Crippen molar-refractivity contribution in [2.45, 2.75) is 6.92 Å². The van der Waals surface area contributed by atoms with Gasteiger partial charge in [-0.25, -0.2) is 0 Å². The van der Waals surface area contributed by atoms with Crippen LogP contribution in [0, 0.1) is 0 Å². The zero-order valence-electron chi connectivity index (χ0n) is 14.8. The van der Waals surface area contributed by atoms with Gasteiger partial charge in [-0.05, 0) is 35.4 Å². The van der Waals surface area contributed by atoms with Crippen LogP contribution in [0.15, 0.2) is 78.9 Å². The van der Waals surface area contributed by atoms with E-state index in [0.29, 0.717) is 27.5 Å². The Hall–Kier alpha value is -2.95. The molecule has 0 aliphatic heterocycles. The van der Waals surface area contributed by atoms with Gasteiger partial charge >= 0.3 is 0 Å². The molecule has 1 heterocycles. The molecule has 1 unspecified atom stereocenters. The lowest BCUT2D eigenvalue weighted by molar-refractivity contribution is 0.104. The third kappa shape index (κ3) is 3.14. The lowest BCUT2D eigenvalue weighted by Crippen LogP contribution is -2.01. The highest BCUT2D eigenvalue weighted by atomic mass is 32.2. The molecule has 4 heteroatoms. The van der Waals surface area contributed by atoms with Gasteiger partial charge in [0.1, 0.15) is 5.75 Å². The molecule has 0 amide bonds. The molecule has 0 spiro atoms. The summed E-state index contributed by atoms with van der Waals surface area (Å²) < 4.78 is 19.5. The number of carbonyl (C=O) groups excluding carboxylic acids is 1. The number of hydrogen-bond acceptors (Lipinski definition) is 3. The Kier molecular flexibility index (Phi) is 4.75. The molecule has 0 radical (unpaired) electrons. The normalized spacial score (nSPS) is 11.6. The van der Waals surface area contributed by atoms with E-state index in [1.165, 1.54) is 0 Å². The monoisotopic (exact) mass is 374 g/mol. The van der Waals surface area contributed by atoms with Crippen molar-refractivity contribution in [2.75, 3.05) is 6.61 Å². The van der Waals surface area contributed by atoms with Crippen LogP contribution in [0.25, 0.3) is 21.2 Å². The van der Waals surface area contributed by atoms with Gasteiger partial charge in [0, 0.05) is 11.6 Å². The quantitative estimate of drug-likeness (QED) is 0.324. The van der Waals surface area contributed by atoms with Crippen molar-refractivity contribution < 1.29 is 14.1 Å². The standard InChI is InChI=1S/C23H18O3S/c1-2-26-18-13-14-20-19(15-18)21(16-9-5-3-6-10-16)23(27(20)25)22(24)17-11-7-4-8-12-17/h3-15H,2H2,1H3. The van der Waals surface area contributed by atoms with Crippen molar-refractivity contribution in [3.05, 3.63) is 89.3 Å². The molecule has 134 valence electrons. The van der Waals surface area contributed by atoms with Gasteiger partial charge < -0.3 is 9.29 Å². The maximum Gasteiger partial charge on any atom is 0.245 e. The average Bonchev–Trinajstić information content (AvgIpc) is 3.01. The van der Waals surface area contributed by atoms with E-state index in [2.05, 4.69) is 0 Å². The number of carbonyl (C=O) groups is 1. The Balaban J connectivity index is 2.02. The fourth-order valence-electron chi connectivity index (χ4n) is 3.26. The van der Waals surface area contributed by atoms with Crippen LogP contribution in [0.5, 0.6) is 5.75 Å². The van der Waals surface area contributed by atoms with Crippen molar-refractivity contribution in [3.63, 3.8) is 0 Å². The van der Waals surface area contributed by atoms with Gasteiger partial charge in [0.2, 0.25) is 10.7 Å². The van der Waals surface area contributed by atoms with Crippen LogP contribution in [-0.2, 0) is 0 Å². The van der Waals surface area contributed by atoms with Crippen LogP contribution < -0.4 is 4.74 Å². The van der Waals surface area contributed by atoms with Gasteiger partial charge in [0.25, 0.3) is 0 Å². The molecule has 0 aliphatic carbocycles. The Morgan fingerprint density at radius 1 is 0.963 bits per heavy atom. The minimum absolute atomic E-state index is 0.207. The van der Waals surface area contributed by atoms with Crippen LogP contribution in [0.4, 0.5) is 0 Å². The topological polar surface area (TPSA) is 49.4 Å². The van der Waals surface area contributed by atoms with Crippen molar-refractivity contribution in [2.24, 2.45) is 0 Å².